The van der Waals surface area contributed by atoms with Crippen molar-refractivity contribution in [1.82, 2.24) is 0 Å². The van der Waals surface area contributed by atoms with Crippen molar-refractivity contribution in [2.24, 2.45) is 11.5 Å². The van der Waals surface area contributed by atoms with Gasteiger partial charge in [0, 0.05) is 6.42 Å². The highest BCUT2D eigenvalue weighted by Gasteiger charge is 2.46. The summed E-state index contributed by atoms with van der Waals surface area (Å²) < 4.78 is 5.09. The Bertz CT molecular complexity index is 390. The van der Waals surface area contributed by atoms with Gasteiger partial charge in [-0.05, 0) is 12.1 Å². The Balaban J connectivity index is 0.000000873. The Morgan fingerprint density at radius 2 is 2.11 bits per heavy atom. The van der Waals surface area contributed by atoms with Gasteiger partial charge in [-0.3, -0.25) is 0 Å². The molecule has 0 saturated heterocycles. The van der Waals surface area contributed by atoms with Crippen LogP contribution in [0.15, 0.2) is 35.5 Å². The van der Waals surface area contributed by atoms with E-state index in [2.05, 4.69) is 26.3 Å². The van der Waals surface area contributed by atoms with Crippen molar-refractivity contribution < 1.29 is 9.52 Å². The van der Waals surface area contributed by atoms with Crippen LogP contribution in [0.1, 0.15) is 32.4 Å². The van der Waals surface area contributed by atoms with E-state index in [1.165, 1.54) is 18.8 Å². The van der Waals surface area contributed by atoms with Gasteiger partial charge < -0.3 is 21.0 Å². The number of rotatable bonds is 4. The predicted octanol–water partition coefficient (Wildman–Crippen LogP) is 1.71. The minimum atomic E-state index is -1.71. The van der Waals surface area contributed by atoms with Crippen LogP contribution in [0.25, 0.3) is 0 Å². The largest absolute Gasteiger partial charge is 0.466 e. The van der Waals surface area contributed by atoms with E-state index >= 15 is 0 Å². The number of aliphatic hydroxyl groups is 1. The zero-order valence-corrected chi connectivity index (χ0v) is 11.0. The first-order chi connectivity index (χ1) is 8.39. The van der Waals surface area contributed by atoms with Crippen LogP contribution in [0.5, 0.6) is 0 Å². The maximum atomic E-state index is 10.3. The van der Waals surface area contributed by atoms with Crippen LogP contribution >= 0.6 is 0 Å². The van der Waals surface area contributed by atoms with Crippen molar-refractivity contribution in [2.45, 2.75) is 38.0 Å². The first-order valence-electron chi connectivity index (χ1n) is 5.82. The molecule has 0 fully saturated rings. The standard InChI is InChI=1S/C11H14N2O2.C3H8/c1-3-7-10(14,11(12,13)4-2)9-6-5-8-15-9;1-3-2/h2-3,5-6,8,14H,1,7,12-13H2;3H2,1-2H3. The number of nitrogens with two attached hydrogens (primary N) is 2. The lowest BCUT2D eigenvalue weighted by Crippen LogP contribution is -2.64. The van der Waals surface area contributed by atoms with E-state index in [1.807, 2.05) is 0 Å². The molecule has 4 nitrogen and oxygen atoms in total. The molecule has 0 radical (unpaired) electrons. The summed E-state index contributed by atoms with van der Waals surface area (Å²) in [5, 5.41) is 10.3. The normalized spacial score (nSPS) is 13.8. The Morgan fingerprint density at radius 1 is 1.56 bits per heavy atom. The lowest BCUT2D eigenvalue weighted by molar-refractivity contribution is -0.0317. The third-order valence-corrected chi connectivity index (χ3v) is 2.29. The van der Waals surface area contributed by atoms with Crippen molar-refractivity contribution in [2.75, 3.05) is 0 Å². The fourth-order valence-electron chi connectivity index (χ4n) is 1.32. The maximum absolute atomic E-state index is 10.3. The first-order valence-corrected chi connectivity index (χ1v) is 5.82. The van der Waals surface area contributed by atoms with Gasteiger partial charge in [0.25, 0.3) is 0 Å². The summed E-state index contributed by atoms with van der Waals surface area (Å²) in [7, 11) is 0. The van der Waals surface area contributed by atoms with E-state index in [4.69, 9.17) is 22.3 Å². The van der Waals surface area contributed by atoms with Gasteiger partial charge in [-0.15, -0.1) is 13.0 Å². The van der Waals surface area contributed by atoms with Crippen molar-refractivity contribution in [1.29, 1.82) is 0 Å². The molecule has 0 amide bonds. The van der Waals surface area contributed by atoms with Crippen molar-refractivity contribution >= 4 is 0 Å². The second kappa shape index (κ2) is 7.02. The van der Waals surface area contributed by atoms with Gasteiger partial charge in [-0.2, -0.15) is 0 Å². The Labute approximate surface area is 109 Å². The quantitative estimate of drug-likeness (QED) is 0.431. The Hall–Kier alpha value is -1.54. The minimum Gasteiger partial charge on any atom is -0.466 e. The topological polar surface area (TPSA) is 85.4 Å². The molecule has 1 unspecified atom stereocenters. The minimum absolute atomic E-state index is 0.109. The van der Waals surface area contributed by atoms with Crippen LogP contribution in [0.4, 0.5) is 0 Å². The molecule has 18 heavy (non-hydrogen) atoms. The molecule has 0 aromatic carbocycles. The van der Waals surface area contributed by atoms with E-state index < -0.39 is 11.3 Å². The van der Waals surface area contributed by atoms with Crippen LogP contribution in [-0.2, 0) is 5.60 Å². The summed E-state index contributed by atoms with van der Waals surface area (Å²) in [4.78, 5) is 0. The third-order valence-electron chi connectivity index (χ3n) is 2.29. The SMILES string of the molecule is C#CC(N)(N)C(O)(CC=C)c1ccco1.CCC. The van der Waals surface area contributed by atoms with Gasteiger partial charge in [0.05, 0.1) is 6.26 Å². The molecule has 1 heterocycles. The molecule has 0 spiro atoms. The summed E-state index contributed by atoms with van der Waals surface area (Å²) in [6.45, 7) is 7.77. The van der Waals surface area contributed by atoms with Crippen molar-refractivity contribution in [3.63, 3.8) is 0 Å². The van der Waals surface area contributed by atoms with Crippen molar-refractivity contribution in [3.8, 4) is 12.3 Å². The van der Waals surface area contributed by atoms with E-state index in [9.17, 15) is 5.11 Å². The highest BCUT2D eigenvalue weighted by Crippen LogP contribution is 2.32. The smallest absolute Gasteiger partial charge is 0.168 e. The monoisotopic (exact) mass is 250 g/mol. The second-order valence-corrected chi connectivity index (χ2v) is 4.05. The summed E-state index contributed by atoms with van der Waals surface area (Å²) >= 11 is 0. The molecule has 1 aromatic rings. The zero-order valence-electron chi connectivity index (χ0n) is 11.0. The van der Waals surface area contributed by atoms with E-state index in [-0.39, 0.29) is 12.2 Å². The Kier molecular flexibility index (Phi) is 6.42. The average molecular weight is 250 g/mol. The van der Waals surface area contributed by atoms with Gasteiger partial charge in [0.1, 0.15) is 5.76 Å². The lowest BCUT2D eigenvalue weighted by Gasteiger charge is -2.35. The fourth-order valence-corrected chi connectivity index (χ4v) is 1.32. The first kappa shape index (κ1) is 16.5. The summed E-state index contributed by atoms with van der Waals surface area (Å²) in [5.41, 5.74) is 7.96. The van der Waals surface area contributed by atoms with E-state index in [0.717, 1.165) is 0 Å². The molecule has 0 aliphatic heterocycles. The highest BCUT2D eigenvalue weighted by molar-refractivity contribution is 5.26. The van der Waals surface area contributed by atoms with E-state index in [1.54, 1.807) is 12.1 Å². The highest BCUT2D eigenvalue weighted by atomic mass is 16.4. The maximum Gasteiger partial charge on any atom is 0.168 e. The van der Waals surface area contributed by atoms with Gasteiger partial charge >= 0.3 is 0 Å². The number of terminal acetylenes is 1. The van der Waals surface area contributed by atoms with Gasteiger partial charge in [0.15, 0.2) is 11.3 Å². The van der Waals surface area contributed by atoms with Gasteiger partial charge in [-0.25, -0.2) is 0 Å². The van der Waals surface area contributed by atoms with Crippen LogP contribution in [-0.4, -0.2) is 10.8 Å². The zero-order chi connectivity index (χ0) is 14.2. The molecule has 100 valence electrons. The molecular formula is C14H22N2O2. The van der Waals surface area contributed by atoms with Crippen LogP contribution in [0.3, 0.4) is 0 Å². The summed E-state index contributed by atoms with van der Waals surface area (Å²) in [6, 6.07) is 3.19. The third kappa shape index (κ3) is 3.47. The Morgan fingerprint density at radius 3 is 2.44 bits per heavy atom. The molecule has 5 N–H and O–H groups in total. The molecule has 1 atom stereocenters. The van der Waals surface area contributed by atoms with Crippen molar-refractivity contribution in [3.05, 3.63) is 36.8 Å². The number of hydrogen-bond donors (Lipinski definition) is 3. The number of furan rings is 1. The van der Waals surface area contributed by atoms with Gasteiger partial charge in [-0.1, -0.05) is 32.3 Å². The van der Waals surface area contributed by atoms with E-state index in [0.29, 0.717) is 0 Å². The molecular weight excluding hydrogens is 228 g/mol. The van der Waals surface area contributed by atoms with Crippen LogP contribution in [0, 0.1) is 12.3 Å². The molecule has 0 saturated carbocycles. The molecule has 0 aliphatic carbocycles. The summed E-state index contributed by atoms with van der Waals surface area (Å²) in [6.07, 6.45) is 9.44. The second-order valence-electron chi connectivity index (χ2n) is 4.05. The van der Waals surface area contributed by atoms with Crippen LogP contribution < -0.4 is 11.5 Å². The average Bonchev–Trinajstić information content (AvgIpc) is 2.84. The molecule has 4 heteroatoms. The van der Waals surface area contributed by atoms with Crippen LogP contribution in [0.2, 0.25) is 0 Å². The predicted molar refractivity (Wildman–Crippen MR) is 73.3 cm³/mol. The molecule has 1 rings (SSSR count). The molecule has 0 bridgehead atoms. The molecule has 0 aliphatic rings. The fraction of sp³-hybridized carbons (Fsp3) is 0.429. The lowest BCUT2D eigenvalue weighted by atomic mass is 9.83. The van der Waals surface area contributed by atoms with Gasteiger partial charge in [0.2, 0.25) is 0 Å². The number of hydrogen-bond acceptors (Lipinski definition) is 4. The molecule has 1 aromatic heterocycles. The summed E-state index contributed by atoms with van der Waals surface area (Å²) in [5.74, 6) is 2.38.